The molecule has 8 heteroatoms. The Balaban J connectivity index is 3.37. The molecule has 1 aromatic carbocycles. The fraction of sp³-hybridized carbons (Fsp3) is 0.538. The minimum absolute atomic E-state index is 0.0460. The molecule has 0 aliphatic heterocycles. The van der Waals surface area contributed by atoms with Crippen molar-refractivity contribution >= 4 is 10.0 Å². The molecule has 0 saturated heterocycles. The SMILES string of the molecule is COCCN(C(C)C)S(=O)(=O)c1cc(CN)cc(F)c1F. The van der Waals surface area contributed by atoms with Crippen LogP contribution in [0.3, 0.4) is 0 Å². The van der Waals surface area contributed by atoms with E-state index in [1.54, 1.807) is 13.8 Å². The number of halogens is 2. The van der Waals surface area contributed by atoms with Crippen molar-refractivity contribution in [3.63, 3.8) is 0 Å². The van der Waals surface area contributed by atoms with Crippen molar-refractivity contribution in [2.45, 2.75) is 31.3 Å². The zero-order chi connectivity index (χ0) is 16.2. The van der Waals surface area contributed by atoms with Gasteiger partial charge in [0.05, 0.1) is 6.61 Å². The van der Waals surface area contributed by atoms with E-state index < -0.39 is 32.6 Å². The maximum absolute atomic E-state index is 13.9. The predicted octanol–water partition coefficient (Wildman–Crippen LogP) is 1.47. The maximum Gasteiger partial charge on any atom is 0.246 e. The first kappa shape index (κ1) is 18.0. The van der Waals surface area contributed by atoms with Gasteiger partial charge in [-0.15, -0.1) is 0 Å². The van der Waals surface area contributed by atoms with E-state index in [2.05, 4.69) is 0 Å². The van der Waals surface area contributed by atoms with E-state index in [0.717, 1.165) is 16.4 Å². The fourth-order valence-corrected chi connectivity index (χ4v) is 3.63. The number of sulfonamides is 1. The Morgan fingerprint density at radius 3 is 2.43 bits per heavy atom. The highest BCUT2D eigenvalue weighted by molar-refractivity contribution is 7.89. The van der Waals surface area contributed by atoms with Gasteiger partial charge in [0.2, 0.25) is 10.0 Å². The molecule has 0 heterocycles. The highest BCUT2D eigenvalue weighted by Crippen LogP contribution is 2.24. The van der Waals surface area contributed by atoms with E-state index >= 15 is 0 Å². The lowest BCUT2D eigenvalue weighted by atomic mass is 10.2. The van der Waals surface area contributed by atoms with E-state index in [9.17, 15) is 17.2 Å². The minimum Gasteiger partial charge on any atom is -0.383 e. The van der Waals surface area contributed by atoms with E-state index in [1.807, 2.05) is 0 Å². The molecule has 0 aliphatic carbocycles. The molecule has 120 valence electrons. The second kappa shape index (κ2) is 7.26. The summed E-state index contributed by atoms with van der Waals surface area (Å²) < 4.78 is 58.5. The molecular formula is C13H20F2N2O3S. The predicted molar refractivity (Wildman–Crippen MR) is 75.2 cm³/mol. The summed E-state index contributed by atoms with van der Waals surface area (Å²) in [4.78, 5) is -0.701. The third-order valence-electron chi connectivity index (χ3n) is 2.97. The lowest BCUT2D eigenvalue weighted by molar-refractivity contribution is 0.170. The molecule has 21 heavy (non-hydrogen) atoms. The molecule has 0 bridgehead atoms. The summed E-state index contributed by atoms with van der Waals surface area (Å²) in [6, 6.07) is 1.54. The highest BCUT2D eigenvalue weighted by atomic mass is 32.2. The monoisotopic (exact) mass is 322 g/mol. The quantitative estimate of drug-likeness (QED) is 0.825. The molecule has 0 radical (unpaired) electrons. The van der Waals surface area contributed by atoms with Crippen LogP contribution in [0.15, 0.2) is 17.0 Å². The molecule has 0 aliphatic rings. The second-order valence-corrected chi connectivity index (χ2v) is 6.66. The Bertz CT molecular complexity index is 591. The Morgan fingerprint density at radius 2 is 1.95 bits per heavy atom. The number of benzene rings is 1. The van der Waals surface area contributed by atoms with Crippen molar-refractivity contribution in [1.29, 1.82) is 0 Å². The lowest BCUT2D eigenvalue weighted by Crippen LogP contribution is -2.39. The average molecular weight is 322 g/mol. The Hall–Kier alpha value is -1.09. The third kappa shape index (κ3) is 3.97. The molecule has 2 N–H and O–H groups in total. The van der Waals surface area contributed by atoms with Gasteiger partial charge in [0, 0.05) is 26.2 Å². The number of methoxy groups -OCH3 is 1. The normalized spacial score (nSPS) is 12.4. The van der Waals surface area contributed by atoms with Gasteiger partial charge in [0.15, 0.2) is 11.6 Å². The molecule has 0 fully saturated rings. The zero-order valence-corrected chi connectivity index (χ0v) is 13.1. The van der Waals surface area contributed by atoms with Gasteiger partial charge in [-0.3, -0.25) is 0 Å². The van der Waals surface area contributed by atoms with Crippen molar-refractivity contribution in [2.24, 2.45) is 5.73 Å². The molecule has 0 unspecified atom stereocenters. The smallest absolute Gasteiger partial charge is 0.246 e. The summed E-state index contributed by atoms with van der Waals surface area (Å²) in [7, 11) is -2.74. The first-order valence-corrected chi connectivity index (χ1v) is 7.88. The van der Waals surface area contributed by atoms with Crippen LogP contribution in [0.2, 0.25) is 0 Å². The van der Waals surface area contributed by atoms with Crippen LogP contribution in [-0.4, -0.2) is 39.0 Å². The minimum atomic E-state index is -4.18. The number of hydrogen-bond donors (Lipinski definition) is 1. The van der Waals surface area contributed by atoms with Crippen LogP contribution in [0.25, 0.3) is 0 Å². The van der Waals surface area contributed by atoms with E-state index in [-0.39, 0.29) is 25.3 Å². The van der Waals surface area contributed by atoms with Crippen LogP contribution in [0.1, 0.15) is 19.4 Å². The van der Waals surface area contributed by atoms with Crippen LogP contribution >= 0.6 is 0 Å². The summed E-state index contributed by atoms with van der Waals surface area (Å²) in [6.45, 7) is 3.41. The lowest BCUT2D eigenvalue weighted by Gasteiger charge is -2.26. The van der Waals surface area contributed by atoms with E-state index in [0.29, 0.717) is 0 Å². The second-order valence-electron chi connectivity index (χ2n) is 4.80. The van der Waals surface area contributed by atoms with Crippen molar-refractivity contribution in [1.82, 2.24) is 4.31 Å². The van der Waals surface area contributed by atoms with Crippen LogP contribution in [0.4, 0.5) is 8.78 Å². The first-order chi connectivity index (χ1) is 9.75. The highest BCUT2D eigenvalue weighted by Gasteiger charge is 2.31. The number of hydrogen-bond acceptors (Lipinski definition) is 4. The summed E-state index contributed by atoms with van der Waals surface area (Å²) in [5, 5.41) is 0. The van der Waals surface area contributed by atoms with Crippen LogP contribution in [0.5, 0.6) is 0 Å². The number of nitrogens with zero attached hydrogens (tertiary/aromatic N) is 1. The summed E-state index contributed by atoms with van der Waals surface area (Å²) in [5.41, 5.74) is 5.59. The van der Waals surface area contributed by atoms with Crippen molar-refractivity contribution in [3.05, 3.63) is 29.3 Å². The van der Waals surface area contributed by atoms with Gasteiger partial charge >= 0.3 is 0 Å². The Labute approximate surface area is 123 Å². The standard InChI is InChI=1S/C13H20F2N2O3S/c1-9(2)17(4-5-20-3)21(18,19)12-7-10(8-16)6-11(14)13(12)15/h6-7,9H,4-5,8,16H2,1-3H3. The molecule has 1 rings (SSSR count). The fourth-order valence-electron chi connectivity index (χ4n) is 1.89. The van der Waals surface area contributed by atoms with E-state index in [4.69, 9.17) is 10.5 Å². The van der Waals surface area contributed by atoms with E-state index in [1.165, 1.54) is 7.11 Å². The van der Waals surface area contributed by atoms with Gasteiger partial charge in [-0.25, -0.2) is 17.2 Å². The number of ether oxygens (including phenoxy) is 1. The van der Waals surface area contributed by atoms with Crippen molar-refractivity contribution in [3.8, 4) is 0 Å². The number of rotatable bonds is 7. The molecule has 0 spiro atoms. The molecule has 0 amide bonds. The Kier molecular flexibility index (Phi) is 6.21. The zero-order valence-electron chi connectivity index (χ0n) is 12.3. The van der Waals surface area contributed by atoms with Gasteiger partial charge in [0.1, 0.15) is 4.90 Å². The first-order valence-electron chi connectivity index (χ1n) is 6.44. The summed E-state index contributed by atoms with van der Waals surface area (Å²) in [5.74, 6) is -2.62. The summed E-state index contributed by atoms with van der Waals surface area (Å²) >= 11 is 0. The van der Waals surface area contributed by atoms with Gasteiger partial charge in [-0.05, 0) is 31.5 Å². The summed E-state index contributed by atoms with van der Waals surface area (Å²) in [6.07, 6.45) is 0. The Morgan fingerprint density at radius 1 is 1.33 bits per heavy atom. The molecule has 5 nitrogen and oxygen atoms in total. The number of nitrogens with two attached hydrogens (primary N) is 1. The molecule has 0 aromatic heterocycles. The van der Waals surface area contributed by atoms with Crippen molar-refractivity contribution < 1.29 is 21.9 Å². The molecule has 1 aromatic rings. The average Bonchev–Trinajstić information content (AvgIpc) is 2.41. The van der Waals surface area contributed by atoms with Crippen molar-refractivity contribution in [2.75, 3.05) is 20.3 Å². The third-order valence-corrected chi connectivity index (χ3v) is 5.04. The molecule has 0 atom stereocenters. The van der Waals surface area contributed by atoms with Crippen LogP contribution in [0, 0.1) is 11.6 Å². The van der Waals surface area contributed by atoms with Crippen LogP contribution < -0.4 is 5.73 Å². The largest absolute Gasteiger partial charge is 0.383 e. The topological polar surface area (TPSA) is 72.6 Å². The van der Waals surface area contributed by atoms with Crippen LogP contribution in [-0.2, 0) is 21.3 Å². The van der Waals surface area contributed by atoms with Gasteiger partial charge in [-0.1, -0.05) is 0 Å². The molecular weight excluding hydrogens is 302 g/mol. The van der Waals surface area contributed by atoms with Gasteiger partial charge < -0.3 is 10.5 Å². The molecule has 0 saturated carbocycles. The maximum atomic E-state index is 13.9. The van der Waals surface area contributed by atoms with Gasteiger partial charge in [0.25, 0.3) is 0 Å². The van der Waals surface area contributed by atoms with Gasteiger partial charge in [-0.2, -0.15) is 4.31 Å².